The van der Waals surface area contributed by atoms with Crippen LogP contribution in [0.15, 0.2) is 27.3 Å². The Bertz CT molecular complexity index is 468. The van der Waals surface area contributed by atoms with Gasteiger partial charge in [0.15, 0.2) is 5.76 Å². The van der Waals surface area contributed by atoms with Gasteiger partial charge in [-0.2, -0.15) is 16.7 Å². The highest BCUT2D eigenvalue weighted by Crippen LogP contribution is 2.31. The second kappa shape index (κ2) is 3.95. The van der Waals surface area contributed by atoms with E-state index in [-0.39, 0.29) is 12.0 Å². The first kappa shape index (κ1) is 9.92. The van der Waals surface area contributed by atoms with E-state index in [1.54, 1.807) is 18.4 Å². The highest BCUT2D eigenvalue weighted by molar-refractivity contribution is 7.99. The van der Waals surface area contributed by atoms with Crippen molar-refractivity contribution in [3.63, 3.8) is 0 Å². The fourth-order valence-corrected chi connectivity index (χ4v) is 3.00. The molecule has 0 amide bonds. The van der Waals surface area contributed by atoms with E-state index in [0.717, 1.165) is 11.5 Å². The van der Waals surface area contributed by atoms with E-state index in [0.29, 0.717) is 17.5 Å². The third kappa shape index (κ3) is 1.64. The van der Waals surface area contributed by atoms with Gasteiger partial charge in [-0.05, 0) is 12.1 Å². The number of hydrogen-bond acceptors (Lipinski definition) is 6. The molecule has 2 N–H and O–H groups in total. The monoisotopic (exact) mass is 237 g/mol. The Morgan fingerprint density at radius 3 is 3.06 bits per heavy atom. The van der Waals surface area contributed by atoms with Gasteiger partial charge in [0.25, 0.3) is 0 Å². The molecule has 2 unspecified atom stereocenters. The van der Waals surface area contributed by atoms with Gasteiger partial charge < -0.3 is 14.7 Å². The molecule has 1 aliphatic heterocycles. The topological polar surface area (TPSA) is 78.1 Å². The maximum Gasteiger partial charge on any atom is 0.238 e. The van der Waals surface area contributed by atoms with Crippen LogP contribution in [0.5, 0.6) is 0 Å². The summed E-state index contributed by atoms with van der Waals surface area (Å²) in [5.41, 5.74) is 5.97. The molecular formula is C10H11N3O2S. The number of nitrogens with zero attached hydrogens (tertiary/aromatic N) is 2. The molecule has 3 rings (SSSR count). The largest absolute Gasteiger partial charge is 0.461 e. The molecule has 0 spiro atoms. The third-order valence-electron chi connectivity index (χ3n) is 2.63. The Morgan fingerprint density at radius 2 is 2.38 bits per heavy atom. The highest BCUT2D eigenvalue weighted by Gasteiger charge is 2.31. The second-order valence-corrected chi connectivity index (χ2v) is 4.82. The molecule has 6 heteroatoms. The lowest BCUT2D eigenvalue weighted by molar-refractivity contribution is 0.352. The molecule has 0 aliphatic carbocycles. The van der Waals surface area contributed by atoms with Crippen molar-refractivity contribution in [3.8, 4) is 11.6 Å². The van der Waals surface area contributed by atoms with Crippen LogP contribution in [0.1, 0.15) is 11.8 Å². The summed E-state index contributed by atoms with van der Waals surface area (Å²) in [6.07, 6.45) is 1.59. The van der Waals surface area contributed by atoms with E-state index in [4.69, 9.17) is 14.7 Å². The average molecular weight is 237 g/mol. The summed E-state index contributed by atoms with van der Waals surface area (Å²) in [5.74, 6) is 3.79. The predicted molar refractivity (Wildman–Crippen MR) is 60.0 cm³/mol. The fraction of sp³-hybridized carbons (Fsp3) is 0.400. The molecule has 5 nitrogen and oxygen atoms in total. The third-order valence-corrected chi connectivity index (χ3v) is 3.84. The van der Waals surface area contributed by atoms with Crippen molar-refractivity contribution in [1.29, 1.82) is 0 Å². The summed E-state index contributed by atoms with van der Waals surface area (Å²) in [4.78, 5) is 4.32. The minimum absolute atomic E-state index is 0.106. The minimum atomic E-state index is 0.106. The van der Waals surface area contributed by atoms with Crippen LogP contribution in [0.4, 0.5) is 0 Å². The van der Waals surface area contributed by atoms with Crippen molar-refractivity contribution >= 4 is 11.8 Å². The van der Waals surface area contributed by atoms with Crippen molar-refractivity contribution in [3.05, 3.63) is 24.3 Å². The molecule has 3 heterocycles. The number of thioether (sulfide) groups is 1. The zero-order valence-corrected chi connectivity index (χ0v) is 9.31. The zero-order chi connectivity index (χ0) is 11.0. The summed E-state index contributed by atoms with van der Waals surface area (Å²) in [5, 5.41) is 3.89. The van der Waals surface area contributed by atoms with E-state index in [9.17, 15) is 0 Å². The van der Waals surface area contributed by atoms with Crippen molar-refractivity contribution in [2.45, 2.75) is 12.0 Å². The lowest BCUT2D eigenvalue weighted by atomic mass is 10.1. The molecule has 2 atom stereocenters. The molecule has 2 aromatic heterocycles. The van der Waals surface area contributed by atoms with Crippen LogP contribution in [0.3, 0.4) is 0 Å². The maximum atomic E-state index is 5.97. The normalized spacial score (nSPS) is 25.1. The molecule has 16 heavy (non-hydrogen) atoms. The van der Waals surface area contributed by atoms with Crippen molar-refractivity contribution in [1.82, 2.24) is 10.1 Å². The van der Waals surface area contributed by atoms with E-state index in [1.165, 1.54) is 0 Å². The number of nitrogens with two attached hydrogens (primary N) is 1. The quantitative estimate of drug-likeness (QED) is 0.852. The highest BCUT2D eigenvalue weighted by atomic mass is 32.2. The molecule has 0 radical (unpaired) electrons. The summed E-state index contributed by atoms with van der Waals surface area (Å²) < 4.78 is 10.4. The van der Waals surface area contributed by atoms with Gasteiger partial charge in [-0.25, -0.2) is 0 Å². The number of aromatic nitrogens is 2. The Balaban J connectivity index is 1.88. The van der Waals surface area contributed by atoms with Gasteiger partial charge in [0.05, 0.1) is 12.2 Å². The van der Waals surface area contributed by atoms with Crippen LogP contribution in [0.25, 0.3) is 11.6 Å². The summed E-state index contributed by atoms with van der Waals surface area (Å²) in [7, 11) is 0. The van der Waals surface area contributed by atoms with E-state index in [1.807, 2.05) is 11.8 Å². The first-order valence-electron chi connectivity index (χ1n) is 5.05. The Labute approximate surface area is 96.4 Å². The average Bonchev–Trinajstić information content (AvgIpc) is 2.96. The molecule has 1 aliphatic rings. The van der Waals surface area contributed by atoms with Gasteiger partial charge in [-0.3, -0.25) is 0 Å². The van der Waals surface area contributed by atoms with Gasteiger partial charge >= 0.3 is 0 Å². The van der Waals surface area contributed by atoms with Gasteiger partial charge in [0, 0.05) is 17.5 Å². The molecule has 0 bridgehead atoms. The SMILES string of the molecule is NC1CSCC1c1nc(-c2ccco2)no1. The second-order valence-electron chi connectivity index (χ2n) is 3.74. The van der Waals surface area contributed by atoms with Crippen molar-refractivity contribution < 1.29 is 8.94 Å². The number of rotatable bonds is 2. The van der Waals surface area contributed by atoms with Gasteiger partial charge in [0.2, 0.25) is 11.7 Å². The van der Waals surface area contributed by atoms with Crippen LogP contribution in [0.2, 0.25) is 0 Å². The lowest BCUT2D eigenvalue weighted by Gasteiger charge is -2.07. The molecule has 0 saturated carbocycles. The Hall–Kier alpha value is -1.27. The van der Waals surface area contributed by atoms with Gasteiger partial charge in [0.1, 0.15) is 0 Å². The van der Waals surface area contributed by atoms with Crippen LogP contribution in [-0.4, -0.2) is 27.7 Å². The van der Waals surface area contributed by atoms with Crippen LogP contribution in [0, 0.1) is 0 Å². The first-order valence-corrected chi connectivity index (χ1v) is 6.21. The Morgan fingerprint density at radius 1 is 1.44 bits per heavy atom. The predicted octanol–water partition coefficient (Wildman–Crippen LogP) is 1.49. The first-order chi connectivity index (χ1) is 7.84. The van der Waals surface area contributed by atoms with Crippen LogP contribution < -0.4 is 5.73 Å². The van der Waals surface area contributed by atoms with E-state index >= 15 is 0 Å². The van der Waals surface area contributed by atoms with E-state index < -0.39 is 0 Å². The van der Waals surface area contributed by atoms with Gasteiger partial charge in [-0.1, -0.05) is 5.16 Å². The molecule has 2 aromatic rings. The smallest absolute Gasteiger partial charge is 0.238 e. The molecule has 1 saturated heterocycles. The maximum absolute atomic E-state index is 5.97. The molecule has 1 fully saturated rings. The van der Waals surface area contributed by atoms with Crippen LogP contribution in [-0.2, 0) is 0 Å². The summed E-state index contributed by atoms with van der Waals surface area (Å²) >= 11 is 1.82. The van der Waals surface area contributed by atoms with Crippen molar-refractivity contribution in [2.75, 3.05) is 11.5 Å². The standard InChI is InChI=1S/C10H11N3O2S/c11-7-5-16-4-6(7)10-12-9(13-15-10)8-2-1-3-14-8/h1-3,6-7H,4-5,11H2. The number of furan rings is 1. The molecule has 84 valence electrons. The fourth-order valence-electron chi connectivity index (χ4n) is 1.72. The molecule has 0 aromatic carbocycles. The van der Waals surface area contributed by atoms with Gasteiger partial charge in [-0.15, -0.1) is 0 Å². The summed E-state index contributed by atoms with van der Waals surface area (Å²) in [6, 6.07) is 3.70. The summed E-state index contributed by atoms with van der Waals surface area (Å²) in [6.45, 7) is 0. The minimum Gasteiger partial charge on any atom is -0.461 e. The van der Waals surface area contributed by atoms with E-state index in [2.05, 4.69) is 10.1 Å². The Kier molecular flexibility index (Phi) is 2.45. The van der Waals surface area contributed by atoms with Crippen molar-refractivity contribution in [2.24, 2.45) is 5.73 Å². The lowest BCUT2D eigenvalue weighted by Crippen LogP contribution is -2.26. The number of hydrogen-bond donors (Lipinski definition) is 1. The van der Waals surface area contributed by atoms with Crippen LogP contribution >= 0.6 is 11.8 Å². The zero-order valence-electron chi connectivity index (χ0n) is 8.50. The molecular weight excluding hydrogens is 226 g/mol.